The van der Waals surface area contributed by atoms with Crippen molar-refractivity contribution in [2.45, 2.75) is 19.4 Å². The lowest BCUT2D eigenvalue weighted by atomic mass is 10.0. The number of nitrogens with one attached hydrogen (secondary N) is 1. The zero-order valence-electron chi connectivity index (χ0n) is 12.3. The van der Waals surface area contributed by atoms with Crippen LogP contribution in [0.15, 0.2) is 40.2 Å². The minimum atomic E-state index is 0.376. The van der Waals surface area contributed by atoms with Gasteiger partial charge in [-0.15, -0.1) is 11.3 Å². The van der Waals surface area contributed by atoms with Crippen LogP contribution in [0.2, 0.25) is 0 Å². The third kappa shape index (κ3) is 3.75. The summed E-state index contributed by atoms with van der Waals surface area (Å²) in [5.41, 5.74) is 2.74. The molecule has 1 fully saturated rings. The largest absolute Gasteiger partial charge is 0.315 e. The minimum absolute atomic E-state index is 0.376. The fourth-order valence-corrected chi connectivity index (χ4v) is 4.58. The molecule has 0 amide bonds. The number of hydrogen-bond donors (Lipinski definition) is 1. The van der Waals surface area contributed by atoms with Crippen LogP contribution in [0.25, 0.3) is 0 Å². The van der Waals surface area contributed by atoms with Gasteiger partial charge in [0.25, 0.3) is 0 Å². The number of thiophene rings is 1. The maximum atomic E-state index is 3.61. The lowest BCUT2D eigenvalue weighted by Gasteiger charge is -2.30. The van der Waals surface area contributed by atoms with Gasteiger partial charge in [-0.05, 0) is 53.5 Å². The molecule has 1 unspecified atom stereocenters. The quantitative estimate of drug-likeness (QED) is 0.877. The van der Waals surface area contributed by atoms with Gasteiger partial charge in [0.2, 0.25) is 0 Å². The summed E-state index contributed by atoms with van der Waals surface area (Å²) < 4.78 is 1.21. The molecule has 0 spiro atoms. The molecule has 0 radical (unpaired) electrons. The van der Waals surface area contributed by atoms with Gasteiger partial charge in [-0.2, -0.15) is 0 Å². The van der Waals surface area contributed by atoms with Gasteiger partial charge < -0.3 is 5.32 Å². The second-order valence-electron chi connectivity index (χ2n) is 5.60. The van der Waals surface area contributed by atoms with Crippen molar-refractivity contribution in [3.05, 3.63) is 56.2 Å². The first-order valence-electron chi connectivity index (χ1n) is 7.50. The first kappa shape index (κ1) is 15.2. The van der Waals surface area contributed by atoms with Crippen molar-refractivity contribution >= 4 is 27.3 Å². The summed E-state index contributed by atoms with van der Waals surface area (Å²) in [5.74, 6) is 0. The van der Waals surface area contributed by atoms with Crippen molar-refractivity contribution in [1.29, 1.82) is 0 Å². The van der Waals surface area contributed by atoms with E-state index in [9.17, 15) is 0 Å². The minimum Gasteiger partial charge on any atom is -0.315 e. The van der Waals surface area contributed by atoms with Crippen LogP contribution >= 0.6 is 27.3 Å². The molecule has 1 N–H and O–H groups in total. The number of benzene rings is 1. The van der Waals surface area contributed by atoms with E-state index in [4.69, 9.17) is 0 Å². The Morgan fingerprint density at radius 1 is 1.19 bits per heavy atom. The topological polar surface area (TPSA) is 15.3 Å². The molecular weight excluding hydrogens is 344 g/mol. The van der Waals surface area contributed by atoms with Crippen LogP contribution in [0.3, 0.4) is 0 Å². The Labute approximate surface area is 139 Å². The Hall–Kier alpha value is -0.680. The van der Waals surface area contributed by atoms with Gasteiger partial charge in [-0.1, -0.05) is 29.8 Å². The number of aryl methyl sites for hydroxylation is 1. The van der Waals surface area contributed by atoms with Gasteiger partial charge in [-0.25, -0.2) is 0 Å². The van der Waals surface area contributed by atoms with Crippen molar-refractivity contribution < 1.29 is 0 Å². The SMILES string of the molecule is Cc1cccc(C(c2ccc(Br)s2)N2CCCNCC2)c1. The van der Waals surface area contributed by atoms with Crippen molar-refractivity contribution in [2.24, 2.45) is 0 Å². The van der Waals surface area contributed by atoms with Crippen LogP contribution in [0.1, 0.15) is 28.5 Å². The molecule has 1 aliphatic heterocycles. The lowest BCUT2D eigenvalue weighted by Crippen LogP contribution is -2.32. The molecule has 112 valence electrons. The molecule has 2 heterocycles. The fourth-order valence-electron chi connectivity index (χ4n) is 3.00. The van der Waals surface area contributed by atoms with Gasteiger partial charge in [0.15, 0.2) is 0 Å². The molecule has 0 saturated carbocycles. The van der Waals surface area contributed by atoms with Gasteiger partial charge in [0.05, 0.1) is 9.83 Å². The maximum Gasteiger partial charge on any atom is 0.0702 e. The van der Waals surface area contributed by atoms with E-state index in [1.165, 1.54) is 26.2 Å². The maximum absolute atomic E-state index is 3.61. The normalized spacial score (nSPS) is 18.4. The zero-order chi connectivity index (χ0) is 14.7. The van der Waals surface area contributed by atoms with Crippen LogP contribution in [0.4, 0.5) is 0 Å². The highest BCUT2D eigenvalue weighted by molar-refractivity contribution is 9.11. The predicted octanol–water partition coefficient (Wildman–Crippen LogP) is 4.20. The molecule has 4 heteroatoms. The molecule has 2 aromatic rings. The van der Waals surface area contributed by atoms with E-state index in [2.05, 4.69) is 69.5 Å². The molecule has 1 saturated heterocycles. The Morgan fingerprint density at radius 3 is 2.86 bits per heavy atom. The summed E-state index contributed by atoms with van der Waals surface area (Å²) in [6.07, 6.45) is 1.22. The highest BCUT2D eigenvalue weighted by atomic mass is 79.9. The van der Waals surface area contributed by atoms with Crippen molar-refractivity contribution in [3.63, 3.8) is 0 Å². The molecule has 0 aliphatic carbocycles. The van der Waals surface area contributed by atoms with E-state index >= 15 is 0 Å². The Morgan fingerprint density at radius 2 is 2.10 bits per heavy atom. The molecule has 3 rings (SSSR count). The summed E-state index contributed by atoms with van der Waals surface area (Å²) in [5, 5.41) is 3.50. The molecule has 1 aromatic heterocycles. The molecule has 1 aliphatic rings. The summed E-state index contributed by atoms with van der Waals surface area (Å²) in [6, 6.07) is 13.8. The van der Waals surface area contributed by atoms with Crippen LogP contribution in [0.5, 0.6) is 0 Å². The number of rotatable bonds is 3. The van der Waals surface area contributed by atoms with Crippen LogP contribution in [-0.2, 0) is 0 Å². The van der Waals surface area contributed by atoms with Crippen molar-refractivity contribution in [2.75, 3.05) is 26.2 Å². The van der Waals surface area contributed by atoms with E-state index in [0.29, 0.717) is 6.04 Å². The molecule has 21 heavy (non-hydrogen) atoms. The van der Waals surface area contributed by atoms with Crippen LogP contribution in [-0.4, -0.2) is 31.1 Å². The summed E-state index contributed by atoms with van der Waals surface area (Å²) in [4.78, 5) is 4.04. The van der Waals surface area contributed by atoms with E-state index in [1.54, 1.807) is 0 Å². The summed E-state index contributed by atoms with van der Waals surface area (Å²) in [7, 11) is 0. The monoisotopic (exact) mass is 364 g/mol. The smallest absolute Gasteiger partial charge is 0.0702 e. The zero-order valence-corrected chi connectivity index (χ0v) is 14.7. The van der Waals surface area contributed by atoms with E-state index < -0.39 is 0 Å². The number of nitrogens with zero attached hydrogens (tertiary/aromatic N) is 1. The second-order valence-corrected chi connectivity index (χ2v) is 8.09. The summed E-state index contributed by atoms with van der Waals surface area (Å²) in [6.45, 7) is 6.64. The van der Waals surface area contributed by atoms with Gasteiger partial charge in [-0.3, -0.25) is 4.90 Å². The van der Waals surface area contributed by atoms with Crippen molar-refractivity contribution in [3.8, 4) is 0 Å². The van der Waals surface area contributed by atoms with E-state index in [1.807, 2.05) is 11.3 Å². The number of hydrogen-bond acceptors (Lipinski definition) is 3. The molecular formula is C17H21BrN2S. The Balaban J connectivity index is 1.97. The van der Waals surface area contributed by atoms with E-state index in [0.717, 1.165) is 26.2 Å². The standard InChI is InChI=1S/C17H21BrN2S/c1-13-4-2-5-14(12-13)17(15-6-7-16(18)21-15)20-10-3-8-19-9-11-20/h2,4-7,12,17,19H,3,8-11H2,1H3. The average Bonchev–Trinajstić information content (AvgIpc) is 2.73. The van der Waals surface area contributed by atoms with Crippen molar-refractivity contribution in [1.82, 2.24) is 10.2 Å². The third-order valence-corrected chi connectivity index (χ3v) is 5.64. The first-order valence-corrected chi connectivity index (χ1v) is 9.11. The average molecular weight is 365 g/mol. The van der Waals surface area contributed by atoms with Gasteiger partial charge >= 0.3 is 0 Å². The van der Waals surface area contributed by atoms with Gasteiger partial charge in [0.1, 0.15) is 0 Å². The summed E-state index contributed by atoms with van der Waals surface area (Å²) >= 11 is 5.47. The Kier molecular flexibility index (Phi) is 5.11. The molecule has 2 nitrogen and oxygen atoms in total. The van der Waals surface area contributed by atoms with Crippen LogP contribution in [0, 0.1) is 6.92 Å². The fraction of sp³-hybridized carbons (Fsp3) is 0.412. The molecule has 1 aromatic carbocycles. The number of halogens is 1. The Bertz CT molecular complexity index is 588. The third-order valence-electron chi connectivity index (χ3n) is 3.96. The molecule has 0 bridgehead atoms. The highest BCUT2D eigenvalue weighted by Gasteiger charge is 2.24. The lowest BCUT2D eigenvalue weighted by molar-refractivity contribution is 0.244. The molecule has 1 atom stereocenters. The predicted molar refractivity (Wildman–Crippen MR) is 94.1 cm³/mol. The first-order chi connectivity index (χ1) is 10.2. The second kappa shape index (κ2) is 7.05. The van der Waals surface area contributed by atoms with Crippen LogP contribution < -0.4 is 5.32 Å². The van der Waals surface area contributed by atoms with E-state index in [-0.39, 0.29) is 0 Å². The van der Waals surface area contributed by atoms with Gasteiger partial charge in [0, 0.05) is 24.5 Å². The highest BCUT2D eigenvalue weighted by Crippen LogP contribution is 2.35.